The second-order valence-electron chi connectivity index (χ2n) is 6.97. The largest absolute Gasteiger partial charge is 0.433 e. The van der Waals surface area contributed by atoms with Gasteiger partial charge >= 0.3 is 6.61 Å². The fourth-order valence-electron chi connectivity index (χ4n) is 3.15. The number of anilines is 1. The Morgan fingerprint density at radius 1 is 1.43 bits per heavy atom. The highest BCUT2D eigenvalue weighted by Crippen LogP contribution is 2.24. The Balaban J connectivity index is 1.64. The van der Waals surface area contributed by atoms with Crippen molar-refractivity contribution >= 4 is 11.7 Å². The van der Waals surface area contributed by atoms with Gasteiger partial charge in [-0.3, -0.25) is 4.79 Å². The maximum absolute atomic E-state index is 12.2. The molecule has 1 saturated heterocycles. The summed E-state index contributed by atoms with van der Waals surface area (Å²) in [5.74, 6) is 1.73. The lowest BCUT2D eigenvalue weighted by Gasteiger charge is -2.27. The molecular formula is C18H23F2N5O3. The standard InChI is InChI=1S/C18H23F2N5O3/c1-11(2)17-22-15(23-28-17)10-25(12(3)26)13-6-7-24(9-13)16-5-4-14(8-21-16)27-18(19)20/h4-5,8,11,13,18H,6-7,9-10H2,1-3H3. The minimum Gasteiger partial charge on any atom is -0.433 e. The van der Waals surface area contributed by atoms with Gasteiger partial charge < -0.3 is 19.1 Å². The molecule has 1 aliphatic rings. The van der Waals surface area contributed by atoms with E-state index in [1.807, 2.05) is 18.7 Å². The van der Waals surface area contributed by atoms with Crippen LogP contribution < -0.4 is 9.64 Å². The van der Waals surface area contributed by atoms with Crippen molar-refractivity contribution in [3.63, 3.8) is 0 Å². The van der Waals surface area contributed by atoms with Crippen LogP contribution >= 0.6 is 0 Å². The van der Waals surface area contributed by atoms with Crippen LogP contribution in [0.2, 0.25) is 0 Å². The summed E-state index contributed by atoms with van der Waals surface area (Å²) in [6, 6.07) is 3.06. The van der Waals surface area contributed by atoms with Gasteiger partial charge in [0.1, 0.15) is 11.6 Å². The number of ether oxygens (including phenoxy) is 1. The summed E-state index contributed by atoms with van der Waals surface area (Å²) in [5, 5.41) is 3.96. The van der Waals surface area contributed by atoms with Crippen LogP contribution in [0, 0.1) is 0 Å². The molecule has 0 N–H and O–H groups in total. The number of alkyl halides is 2. The monoisotopic (exact) mass is 395 g/mol. The Morgan fingerprint density at radius 2 is 2.21 bits per heavy atom. The van der Waals surface area contributed by atoms with Crippen LogP contribution in [0.5, 0.6) is 5.75 Å². The van der Waals surface area contributed by atoms with Crippen molar-refractivity contribution in [2.75, 3.05) is 18.0 Å². The number of aromatic nitrogens is 3. The molecular weight excluding hydrogens is 372 g/mol. The molecule has 0 spiro atoms. The van der Waals surface area contributed by atoms with E-state index >= 15 is 0 Å². The number of hydrogen-bond acceptors (Lipinski definition) is 7. The summed E-state index contributed by atoms with van der Waals surface area (Å²) >= 11 is 0. The van der Waals surface area contributed by atoms with E-state index < -0.39 is 6.61 Å². The molecule has 3 heterocycles. The zero-order chi connectivity index (χ0) is 20.3. The second-order valence-corrected chi connectivity index (χ2v) is 6.97. The highest BCUT2D eigenvalue weighted by molar-refractivity contribution is 5.73. The van der Waals surface area contributed by atoms with Crippen LogP contribution in [0.1, 0.15) is 44.8 Å². The predicted octanol–water partition coefficient (Wildman–Crippen LogP) is 2.82. The molecule has 0 aliphatic carbocycles. The first-order valence-corrected chi connectivity index (χ1v) is 9.09. The van der Waals surface area contributed by atoms with E-state index in [-0.39, 0.29) is 30.2 Å². The van der Waals surface area contributed by atoms with E-state index in [2.05, 4.69) is 19.9 Å². The van der Waals surface area contributed by atoms with Crippen LogP contribution in [0.15, 0.2) is 22.9 Å². The molecule has 1 fully saturated rings. The van der Waals surface area contributed by atoms with Crippen LogP contribution in [0.3, 0.4) is 0 Å². The van der Waals surface area contributed by atoms with Gasteiger partial charge in [0.2, 0.25) is 11.8 Å². The first kappa shape index (κ1) is 20.0. The van der Waals surface area contributed by atoms with Crippen molar-refractivity contribution in [1.29, 1.82) is 0 Å². The van der Waals surface area contributed by atoms with Gasteiger partial charge in [-0.15, -0.1) is 0 Å². The average Bonchev–Trinajstić information content (AvgIpc) is 3.29. The predicted molar refractivity (Wildman–Crippen MR) is 96.1 cm³/mol. The molecule has 0 bridgehead atoms. The van der Waals surface area contributed by atoms with Gasteiger partial charge in [-0.25, -0.2) is 4.98 Å². The van der Waals surface area contributed by atoms with E-state index in [0.717, 1.165) is 6.42 Å². The smallest absolute Gasteiger partial charge is 0.387 e. The summed E-state index contributed by atoms with van der Waals surface area (Å²) in [7, 11) is 0. The van der Waals surface area contributed by atoms with Crippen molar-refractivity contribution in [1.82, 2.24) is 20.0 Å². The fourth-order valence-corrected chi connectivity index (χ4v) is 3.15. The minimum absolute atomic E-state index is 0.0120. The molecule has 3 rings (SSSR count). The molecule has 1 unspecified atom stereocenters. The third kappa shape index (κ3) is 4.73. The molecule has 1 atom stereocenters. The quantitative estimate of drug-likeness (QED) is 0.713. The molecule has 8 nitrogen and oxygen atoms in total. The topological polar surface area (TPSA) is 84.6 Å². The van der Waals surface area contributed by atoms with E-state index in [1.54, 1.807) is 11.0 Å². The SMILES string of the molecule is CC(=O)N(Cc1noc(C(C)C)n1)C1CCN(c2ccc(OC(F)F)cn2)C1. The van der Waals surface area contributed by atoms with Gasteiger partial charge in [0, 0.05) is 25.9 Å². The maximum Gasteiger partial charge on any atom is 0.387 e. The number of halogens is 2. The van der Waals surface area contributed by atoms with Gasteiger partial charge in [0.25, 0.3) is 0 Å². The lowest BCUT2D eigenvalue weighted by molar-refractivity contribution is -0.131. The number of rotatable bonds is 7. The first-order chi connectivity index (χ1) is 13.3. The fraction of sp³-hybridized carbons (Fsp3) is 0.556. The van der Waals surface area contributed by atoms with Crippen molar-refractivity contribution in [3.05, 3.63) is 30.0 Å². The Kier molecular flexibility index (Phi) is 6.05. The van der Waals surface area contributed by atoms with E-state index in [0.29, 0.717) is 30.6 Å². The molecule has 28 heavy (non-hydrogen) atoms. The summed E-state index contributed by atoms with van der Waals surface area (Å²) in [6.07, 6.45) is 2.02. The minimum atomic E-state index is -2.88. The molecule has 152 valence electrons. The summed E-state index contributed by atoms with van der Waals surface area (Å²) in [6.45, 7) is 4.10. The molecule has 0 radical (unpaired) electrons. The Morgan fingerprint density at radius 3 is 2.79 bits per heavy atom. The third-order valence-electron chi connectivity index (χ3n) is 4.57. The van der Waals surface area contributed by atoms with Crippen molar-refractivity contribution in [2.24, 2.45) is 0 Å². The molecule has 2 aromatic rings. The Labute approximate surface area is 161 Å². The van der Waals surface area contributed by atoms with Crippen molar-refractivity contribution in [2.45, 2.75) is 52.3 Å². The zero-order valence-corrected chi connectivity index (χ0v) is 16.0. The van der Waals surface area contributed by atoms with Crippen molar-refractivity contribution < 1.29 is 22.8 Å². The Hall–Kier alpha value is -2.78. The molecule has 1 amide bonds. The molecule has 1 aliphatic heterocycles. The lowest BCUT2D eigenvalue weighted by atomic mass is 10.2. The van der Waals surface area contributed by atoms with Gasteiger partial charge in [-0.1, -0.05) is 19.0 Å². The summed E-state index contributed by atoms with van der Waals surface area (Å²) < 4.78 is 34.0. The average molecular weight is 395 g/mol. The number of amides is 1. The van der Waals surface area contributed by atoms with E-state index in [1.165, 1.54) is 19.2 Å². The van der Waals surface area contributed by atoms with Crippen LogP contribution in [-0.2, 0) is 11.3 Å². The molecule has 0 saturated carbocycles. The van der Waals surface area contributed by atoms with Gasteiger partial charge in [-0.2, -0.15) is 13.8 Å². The Bertz CT molecular complexity index is 797. The van der Waals surface area contributed by atoms with Crippen molar-refractivity contribution in [3.8, 4) is 5.75 Å². The number of pyridine rings is 1. The molecule has 0 aromatic carbocycles. The van der Waals surface area contributed by atoms with E-state index in [9.17, 15) is 13.6 Å². The van der Waals surface area contributed by atoms with Gasteiger partial charge in [-0.05, 0) is 18.6 Å². The van der Waals surface area contributed by atoms with Crippen LogP contribution in [0.4, 0.5) is 14.6 Å². The first-order valence-electron chi connectivity index (χ1n) is 9.09. The number of hydrogen-bond donors (Lipinski definition) is 0. The maximum atomic E-state index is 12.2. The number of carbonyl (C=O) groups is 1. The summed E-state index contributed by atoms with van der Waals surface area (Å²) in [5.41, 5.74) is 0. The van der Waals surface area contributed by atoms with E-state index in [4.69, 9.17) is 4.52 Å². The normalized spacial score (nSPS) is 16.8. The van der Waals surface area contributed by atoms with Crippen LogP contribution in [0.25, 0.3) is 0 Å². The summed E-state index contributed by atoms with van der Waals surface area (Å²) in [4.78, 5) is 24.4. The lowest BCUT2D eigenvalue weighted by Crippen LogP contribution is -2.40. The zero-order valence-electron chi connectivity index (χ0n) is 16.0. The molecule has 2 aromatic heterocycles. The number of carbonyl (C=O) groups excluding carboxylic acids is 1. The third-order valence-corrected chi connectivity index (χ3v) is 4.57. The second kappa shape index (κ2) is 8.49. The highest BCUT2D eigenvalue weighted by atomic mass is 19.3. The highest BCUT2D eigenvalue weighted by Gasteiger charge is 2.31. The van der Waals surface area contributed by atoms with Gasteiger partial charge in [0.05, 0.1) is 18.8 Å². The van der Waals surface area contributed by atoms with Crippen LogP contribution in [-0.4, -0.2) is 51.7 Å². The number of nitrogens with zero attached hydrogens (tertiary/aromatic N) is 5. The van der Waals surface area contributed by atoms with Gasteiger partial charge in [0.15, 0.2) is 5.82 Å². The molecule has 10 heteroatoms.